The van der Waals surface area contributed by atoms with Gasteiger partial charge in [-0.05, 0) is 63.4 Å². The average Bonchev–Trinajstić information content (AvgIpc) is 3.12. The highest BCUT2D eigenvalue weighted by Gasteiger charge is 2.64. The lowest BCUT2D eigenvalue weighted by Gasteiger charge is -2.42. The van der Waals surface area contributed by atoms with Gasteiger partial charge in [0.1, 0.15) is 29.9 Å². The van der Waals surface area contributed by atoms with Crippen molar-refractivity contribution in [3.63, 3.8) is 0 Å². The largest absolute Gasteiger partial charge is 0.385 e. The van der Waals surface area contributed by atoms with Gasteiger partial charge in [0.05, 0.1) is 17.3 Å². The second kappa shape index (κ2) is 7.48. The molecule has 2 heterocycles. The second-order valence-corrected chi connectivity index (χ2v) is 8.86. The minimum atomic E-state index is -3.56. The molecule has 0 spiro atoms. The van der Waals surface area contributed by atoms with Gasteiger partial charge in [0.15, 0.2) is 5.54 Å². The first-order chi connectivity index (χ1) is 15.0. The van der Waals surface area contributed by atoms with Gasteiger partial charge in [0, 0.05) is 17.4 Å². The number of pyridine rings is 1. The van der Waals surface area contributed by atoms with Crippen LogP contribution in [-0.4, -0.2) is 29.0 Å². The van der Waals surface area contributed by atoms with Gasteiger partial charge >= 0.3 is 5.92 Å². The number of aryl methyl sites for hydroxylation is 1. The van der Waals surface area contributed by atoms with Crippen LogP contribution in [0.1, 0.15) is 55.6 Å². The Morgan fingerprint density at radius 1 is 1.25 bits per heavy atom. The number of aromatic nitrogens is 1. The molecule has 168 valence electrons. The Bertz CT molecular complexity index is 1140. The van der Waals surface area contributed by atoms with E-state index in [0.717, 1.165) is 23.7 Å². The van der Waals surface area contributed by atoms with E-state index >= 15 is 8.78 Å². The Kier molecular flexibility index (Phi) is 5.17. The predicted octanol–water partition coefficient (Wildman–Crippen LogP) is 4.21. The molecule has 3 N–H and O–H groups in total. The van der Waals surface area contributed by atoms with Crippen molar-refractivity contribution in [3.05, 3.63) is 58.7 Å². The summed E-state index contributed by atoms with van der Waals surface area (Å²) >= 11 is 0. The zero-order chi connectivity index (χ0) is 23.3. The molecule has 1 aliphatic heterocycles. The number of ether oxygens (including phenoxy) is 1. The van der Waals surface area contributed by atoms with Gasteiger partial charge in [-0.25, -0.2) is 13.2 Å². The van der Waals surface area contributed by atoms with E-state index in [0.29, 0.717) is 17.7 Å². The van der Waals surface area contributed by atoms with Crippen LogP contribution in [0.3, 0.4) is 0 Å². The molecule has 2 aromatic rings. The first kappa shape index (κ1) is 22.1. The number of anilines is 1. The fourth-order valence-corrected chi connectivity index (χ4v) is 4.41. The van der Waals surface area contributed by atoms with E-state index in [9.17, 15) is 4.39 Å². The third-order valence-electron chi connectivity index (χ3n) is 6.31. The van der Waals surface area contributed by atoms with Gasteiger partial charge in [-0.3, -0.25) is 9.98 Å². The van der Waals surface area contributed by atoms with Gasteiger partial charge in [0.2, 0.25) is 0 Å². The van der Waals surface area contributed by atoms with Crippen LogP contribution in [0.5, 0.6) is 0 Å². The number of alkyl halides is 2. The summed E-state index contributed by atoms with van der Waals surface area (Å²) in [6, 6.07) is 7.67. The number of halogens is 3. The number of fused-ring (bicyclic) bond motifs is 1. The molecule has 0 radical (unpaired) electrons. The molecule has 32 heavy (non-hydrogen) atoms. The summed E-state index contributed by atoms with van der Waals surface area (Å²) < 4.78 is 51.5. The van der Waals surface area contributed by atoms with Crippen LogP contribution in [0.2, 0.25) is 0 Å². The summed E-state index contributed by atoms with van der Waals surface area (Å²) in [6.07, 6.45) is 2.94. The quantitative estimate of drug-likeness (QED) is 0.741. The normalized spacial score (nSPS) is 25.9. The highest BCUT2D eigenvalue weighted by Crippen LogP contribution is 2.51. The fraction of sp³-hybridized carbons (Fsp3) is 0.435. The third kappa shape index (κ3) is 3.39. The van der Waals surface area contributed by atoms with Crippen LogP contribution in [0.4, 0.5) is 18.9 Å². The Hall–Kier alpha value is -3.12. The van der Waals surface area contributed by atoms with Crippen molar-refractivity contribution < 1.29 is 17.9 Å². The summed E-state index contributed by atoms with van der Waals surface area (Å²) in [5, 5.41) is 12.3. The summed E-state index contributed by atoms with van der Waals surface area (Å²) in [5.41, 5.74) is 4.03. The van der Waals surface area contributed by atoms with E-state index in [1.807, 2.05) is 0 Å². The van der Waals surface area contributed by atoms with E-state index < -0.39 is 22.9 Å². The molecule has 0 bridgehead atoms. The molecule has 1 aromatic carbocycles. The summed E-state index contributed by atoms with van der Waals surface area (Å²) in [4.78, 5) is 8.41. The van der Waals surface area contributed by atoms with Gasteiger partial charge < -0.3 is 15.8 Å². The summed E-state index contributed by atoms with van der Waals surface area (Å²) in [7, 11) is 0. The number of benzene rings is 1. The van der Waals surface area contributed by atoms with Crippen molar-refractivity contribution in [1.29, 1.82) is 5.26 Å². The SMILES string of the molecule is CC1(C)OCC(N)=NC(C)(c2cc(NC3CCc4cc(C#N)cnc43)ccc2F)C1(F)F. The number of nitrogens with two attached hydrogens (primary N) is 1. The van der Waals surface area contributed by atoms with Gasteiger partial charge in [0.25, 0.3) is 0 Å². The molecule has 0 amide bonds. The first-order valence-corrected chi connectivity index (χ1v) is 10.3. The molecule has 6 nitrogen and oxygen atoms in total. The molecule has 1 aromatic heterocycles. The number of amidine groups is 1. The van der Waals surface area contributed by atoms with Crippen LogP contribution < -0.4 is 11.1 Å². The molecule has 0 saturated heterocycles. The Morgan fingerprint density at radius 2 is 2.00 bits per heavy atom. The van der Waals surface area contributed by atoms with Crippen molar-refractivity contribution in [3.8, 4) is 6.07 Å². The van der Waals surface area contributed by atoms with Crippen LogP contribution in [-0.2, 0) is 16.7 Å². The van der Waals surface area contributed by atoms with Gasteiger partial charge in [-0.15, -0.1) is 0 Å². The molecule has 0 fully saturated rings. The molecule has 2 atom stereocenters. The number of nitriles is 1. The molecule has 2 aliphatic rings. The number of rotatable bonds is 3. The minimum Gasteiger partial charge on any atom is -0.385 e. The third-order valence-corrected chi connectivity index (χ3v) is 6.31. The number of aliphatic imine (C=N–C) groups is 1. The van der Waals surface area contributed by atoms with E-state index in [1.54, 1.807) is 6.07 Å². The predicted molar refractivity (Wildman–Crippen MR) is 114 cm³/mol. The van der Waals surface area contributed by atoms with Gasteiger partial charge in [-0.1, -0.05) is 0 Å². The van der Waals surface area contributed by atoms with Crippen LogP contribution in [0, 0.1) is 17.1 Å². The molecular formula is C23H24F3N5O. The average molecular weight is 443 g/mol. The lowest BCUT2D eigenvalue weighted by molar-refractivity contribution is -0.214. The Morgan fingerprint density at radius 3 is 2.72 bits per heavy atom. The Balaban J connectivity index is 1.73. The highest BCUT2D eigenvalue weighted by atomic mass is 19.3. The van der Waals surface area contributed by atoms with E-state index in [2.05, 4.69) is 21.4 Å². The zero-order valence-corrected chi connectivity index (χ0v) is 18.0. The first-order valence-electron chi connectivity index (χ1n) is 10.3. The van der Waals surface area contributed by atoms with Crippen LogP contribution in [0.25, 0.3) is 0 Å². The van der Waals surface area contributed by atoms with Crippen molar-refractivity contribution in [1.82, 2.24) is 4.98 Å². The van der Waals surface area contributed by atoms with Crippen LogP contribution in [0.15, 0.2) is 35.5 Å². The maximum Gasteiger partial charge on any atom is 0.304 e. The van der Waals surface area contributed by atoms with Crippen LogP contribution >= 0.6 is 0 Å². The lowest BCUT2D eigenvalue weighted by Crippen LogP contribution is -2.56. The second-order valence-electron chi connectivity index (χ2n) is 8.86. The Labute approximate surface area is 184 Å². The topological polar surface area (TPSA) is 96.3 Å². The van der Waals surface area contributed by atoms with Crippen molar-refractivity contribution in [2.24, 2.45) is 10.7 Å². The number of hydrogen-bond donors (Lipinski definition) is 2. The number of hydrogen-bond acceptors (Lipinski definition) is 6. The molecule has 9 heteroatoms. The highest BCUT2D eigenvalue weighted by molar-refractivity contribution is 5.82. The monoisotopic (exact) mass is 443 g/mol. The summed E-state index contributed by atoms with van der Waals surface area (Å²) in [6.45, 7) is 3.40. The molecule has 0 saturated carbocycles. The maximum atomic E-state index is 15.6. The zero-order valence-electron chi connectivity index (χ0n) is 18.0. The maximum absolute atomic E-state index is 15.6. The molecule has 4 rings (SSSR count). The smallest absolute Gasteiger partial charge is 0.304 e. The van der Waals surface area contributed by atoms with E-state index in [-0.39, 0.29) is 24.0 Å². The minimum absolute atomic E-state index is 0.127. The molecule has 1 aliphatic carbocycles. The van der Waals surface area contributed by atoms with Gasteiger partial charge in [-0.2, -0.15) is 5.26 Å². The lowest BCUT2D eigenvalue weighted by atomic mass is 9.78. The van der Waals surface area contributed by atoms with Crippen molar-refractivity contribution in [2.45, 2.75) is 56.7 Å². The van der Waals surface area contributed by atoms with Crippen molar-refractivity contribution >= 4 is 11.5 Å². The standard InChI is InChI=1S/C23H24F3N5O/c1-21(2)23(25,26)22(3,31-19(28)12-32-21)16-9-15(5-6-17(16)24)30-18-7-4-14-8-13(10-27)11-29-20(14)18/h5-6,8-9,11,18,30H,4,7,12H2,1-3H3,(H2,28,31). The summed E-state index contributed by atoms with van der Waals surface area (Å²) in [5.74, 6) is -4.50. The molecular weight excluding hydrogens is 419 g/mol. The van der Waals surface area contributed by atoms with E-state index in [1.165, 1.54) is 39.1 Å². The molecule has 2 unspecified atom stereocenters. The number of nitrogens with one attached hydrogen (secondary N) is 1. The number of nitrogens with zero attached hydrogens (tertiary/aromatic N) is 3. The van der Waals surface area contributed by atoms with Crippen molar-refractivity contribution in [2.75, 3.05) is 11.9 Å². The fourth-order valence-electron chi connectivity index (χ4n) is 4.41. The van der Waals surface area contributed by atoms with E-state index in [4.69, 9.17) is 15.7 Å².